The van der Waals surface area contributed by atoms with Crippen molar-refractivity contribution in [2.45, 2.75) is 63.8 Å². The fourth-order valence-electron chi connectivity index (χ4n) is 3.46. The van der Waals surface area contributed by atoms with Crippen LogP contribution < -0.4 is 4.90 Å². The Balaban J connectivity index is 1.84. The van der Waals surface area contributed by atoms with Crippen LogP contribution in [0.4, 0.5) is 5.13 Å². The molecule has 20 heavy (non-hydrogen) atoms. The molecule has 1 aromatic rings. The lowest BCUT2D eigenvalue weighted by molar-refractivity contribution is -0.138. The van der Waals surface area contributed by atoms with Crippen LogP contribution in [0, 0.1) is 0 Å². The van der Waals surface area contributed by atoms with E-state index in [9.17, 15) is 9.90 Å². The molecule has 0 aromatic carbocycles. The van der Waals surface area contributed by atoms with Gasteiger partial charge in [0.1, 0.15) is 5.92 Å². The predicted octanol–water partition coefficient (Wildman–Crippen LogP) is 3.42. The second kappa shape index (κ2) is 5.72. The normalized spacial score (nSPS) is 25.8. The largest absolute Gasteiger partial charge is 0.481 e. The highest BCUT2D eigenvalue weighted by Gasteiger charge is 2.34. The number of hydrogen-bond donors (Lipinski definition) is 1. The average Bonchev–Trinajstić information content (AvgIpc) is 2.99. The topological polar surface area (TPSA) is 53.4 Å². The van der Waals surface area contributed by atoms with Crippen molar-refractivity contribution in [2.75, 3.05) is 11.4 Å². The van der Waals surface area contributed by atoms with Gasteiger partial charge in [-0.2, -0.15) is 0 Å². The summed E-state index contributed by atoms with van der Waals surface area (Å²) in [5.41, 5.74) is 0.846. The van der Waals surface area contributed by atoms with Gasteiger partial charge in [-0.25, -0.2) is 4.98 Å². The predicted molar refractivity (Wildman–Crippen MR) is 80.7 cm³/mol. The molecule has 1 saturated heterocycles. The number of carbonyl (C=O) groups is 1. The maximum atomic E-state index is 11.3. The van der Waals surface area contributed by atoms with Crippen LogP contribution in [0.3, 0.4) is 0 Å². The quantitative estimate of drug-likeness (QED) is 0.924. The first-order valence-electron chi connectivity index (χ1n) is 7.69. The van der Waals surface area contributed by atoms with Crippen LogP contribution in [-0.2, 0) is 11.2 Å². The van der Waals surface area contributed by atoms with Gasteiger partial charge in [0, 0.05) is 17.5 Å². The summed E-state index contributed by atoms with van der Waals surface area (Å²) in [5, 5.41) is 10.3. The van der Waals surface area contributed by atoms with Gasteiger partial charge in [0.05, 0.1) is 5.69 Å². The number of carboxylic acids is 1. The van der Waals surface area contributed by atoms with Gasteiger partial charge in [0.15, 0.2) is 5.13 Å². The molecule has 0 bridgehead atoms. The number of aromatic nitrogens is 1. The summed E-state index contributed by atoms with van der Waals surface area (Å²) in [6, 6.07) is 0.600. The molecule has 4 nitrogen and oxygen atoms in total. The van der Waals surface area contributed by atoms with Crippen molar-refractivity contribution in [1.29, 1.82) is 0 Å². The van der Waals surface area contributed by atoms with Crippen LogP contribution in [-0.4, -0.2) is 28.6 Å². The second-order valence-electron chi connectivity index (χ2n) is 5.87. The number of carboxylic acid groups (broad SMARTS) is 1. The van der Waals surface area contributed by atoms with Crippen molar-refractivity contribution in [1.82, 2.24) is 4.98 Å². The maximum absolute atomic E-state index is 11.3. The molecule has 2 atom stereocenters. The summed E-state index contributed by atoms with van der Waals surface area (Å²) >= 11 is 1.73. The number of hydrogen-bond acceptors (Lipinski definition) is 4. The molecule has 2 unspecified atom stereocenters. The number of fused-ring (bicyclic) bond motifs is 1. The lowest BCUT2D eigenvalue weighted by atomic mass is 9.99. The van der Waals surface area contributed by atoms with Gasteiger partial charge in [-0.3, -0.25) is 4.79 Å². The average molecular weight is 294 g/mol. The van der Waals surface area contributed by atoms with Gasteiger partial charge in [0.2, 0.25) is 0 Å². The summed E-state index contributed by atoms with van der Waals surface area (Å²) in [7, 11) is 0. The zero-order valence-corrected chi connectivity index (χ0v) is 12.8. The third-order valence-corrected chi connectivity index (χ3v) is 5.67. The van der Waals surface area contributed by atoms with Gasteiger partial charge in [-0.05, 0) is 38.5 Å². The summed E-state index contributed by atoms with van der Waals surface area (Å²) in [6.45, 7) is 3.31. The van der Waals surface area contributed by atoms with E-state index in [4.69, 9.17) is 4.98 Å². The zero-order chi connectivity index (χ0) is 14.1. The maximum Gasteiger partial charge on any atom is 0.312 e. The first kappa shape index (κ1) is 13.9. The molecule has 1 aliphatic heterocycles. The zero-order valence-electron chi connectivity index (χ0n) is 12.0. The van der Waals surface area contributed by atoms with E-state index in [2.05, 4.69) is 11.8 Å². The van der Waals surface area contributed by atoms with E-state index < -0.39 is 5.97 Å². The third-order valence-electron chi connectivity index (χ3n) is 4.50. The van der Waals surface area contributed by atoms with Crippen molar-refractivity contribution in [3.05, 3.63) is 10.6 Å². The minimum absolute atomic E-state index is 0.371. The Kier molecular flexibility index (Phi) is 3.96. The molecule has 0 amide bonds. The number of aryl methyl sites for hydroxylation is 1. The first-order valence-corrected chi connectivity index (χ1v) is 8.51. The van der Waals surface area contributed by atoms with E-state index in [1.54, 1.807) is 11.3 Å². The van der Waals surface area contributed by atoms with Crippen LogP contribution >= 0.6 is 11.3 Å². The van der Waals surface area contributed by atoms with E-state index in [0.29, 0.717) is 6.04 Å². The monoisotopic (exact) mass is 294 g/mol. The van der Waals surface area contributed by atoms with Crippen LogP contribution in [0.25, 0.3) is 0 Å². The van der Waals surface area contributed by atoms with Crippen LogP contribution in [0.15, 0.2) is 0 Å². The van der Waals surface area contributed by atoms with Crippen LogP contribution in [0.2, 0.25) is 0 Å². The number of rotatable bonds is 4. The number of aliphatic carboxylic acids is 1. The molecule has 3 rings (SSSR count). The minimum atomic E-state index is -0.718. The molecular weight excluding hydrogens is 272 g/mol. The highest BCUT2D eigenvalue weighted by Crippen LogP contribution is 2.41. The van der Waals surface area contributed by atoms with Crippen LogP contribution in [0.5, 0.6) is 0 Å². The minimum Gasteiger partial charge on any atom is -0.481 e. The van der Waals surface area contributed by atoms with Crippen molar-refractivity contribution in [2.24, 2.45) is 0 Å². The van der Waals surface area contributed by atoms with Crippen molar-refractivity contribution >= 4 is 22.4 Å². The highest BCUT2D eigenvalue weighted by atomic mass is 32.1. The number of anilines is 1. The Morgan fingerprint density at radius 1 is 1.45 bits per heavy atom. The van der Waals surface area contributed by atoms with E-state index in [0.717, 1.165) is 30.2 Å². The molecule has 2 heterocycles. The number of thiazole rings is 1. The lowest BCUT2D eigenvalue weighted by Crippen LogP contribution is -2.39. The summed E-state index contributed by atoms with van der Waals surface area (Å²) in [5.74, 6) is -1.09. The van der Waals surface area contributed by atoms with Gasteiger partial charge < -0.3 is 10.0 Å². The lowest BCUT2D eigenvalue weighted by Gasteiger charge is -2.35. The van der Waals surface area contributed by atoms with Gasteiger partial charge in [0.25, 0.3) is 0 Å². The highest BCUT2D eigenvalue weighted by molar-refractivity contribution is 7.15. The van der Waals surface area contributed by atoms with Crippen molar-refractivity contribution < 1.29 is 9.90 Å². The summed E-state index contributed by atoms with van der Waals surface area (Å²) < 4.78 is 0. The molecule has 1 aliphatic carbocycles. The van der Waals surface area contributed by atoms with E-state index in [-0.39, 0.29) is 5.92 Å². The third kappa shape index (κ3) is 2.43. The van der Waals surface area contributed by atoms with Gasteiger partial charge >= 0.3 is 5.97 Å². The Hall–Kier alpha value is -1.10. The van der Waals surface area contributed by atoms with E-state index >= 15 is 0 Å². The van der Waals surface area contributed by atoms with E-state index in [1.165, 1.54) is 37.0 Å². The Morgan fingerprint density at radius 3 is 3.05 bits per heavy atom. The smallest absolute Gasteiger partial charge is 0.312 e. The van der Waals surface area contributed by atoms with Gasteiger partial charge in [-0.1, -0.05) is 13.3 Å². The van der Waals surface area contributed by atoms with Crippen molar-refractivity contribution in [3.63, 3.8) is 0 Å². The molecular formula is C15H22N2O2S. The summed E-state index contributed by atoms with van der Waals surface area (Å²) in [4.78, 5) is 19.6. The molecule has 1 fully saturated rings. The van der Waals surface area contributed by atoms with Gasteiger partial charge in [-0.15, -0.1) is 11.3 Å². The number of piperidine rings is 1. The van der Waals surface area contributed by atoms with Crippen molar-refractivity contribution in [3.8, 4) is 0 Å². The molecule has 1 N–H and O–H groups in total. The molecule has 0 spiro atoms. The molecule has 5 heteroatoms. The SMILES string of the molecule is CCCC1CCCCN1c1nc2c(s1)CCC2C(=O)O. The molecule has 0 saturated carbocycles. The fraction of sp³-hybridized carbons (Fsp3) is 0.733. The Morgan fingerprint density at radius 2 is 2.30 bits per heavy atom. The van der Waals surface area contributed by atoms with E-state index in [1.807, 2.05) is 0 Å². The Labute approximate surface area is 123 Å². The molecule has 110 valence electrons. The fourth-order valence-corrected chi connectivity index (χ4v) is 4.70. The van der Waals surface area contributed by atoms with Crippen LogP contribution in [0.1, 0.15) is 61.9 Å². The summed E-state index contributed by atoms with van der Waals surface area (Å²) in [6.07, 6.45) is 7.81. The molecule has 0 radical (unpaired) electrons. The second-order valence-corrected chi connectivity index (χ2v) is 6.93. The Bertz CT molecular complexity index is 498. The molecule has 2 aliphatic rings. The molecule has 1 aromatic heterocycles. The first-order chi connectivity index (χ1) is 9.70. The number of nitrogens with zero attached hydrogens (tertiary/aromatic N) is 2. The standard InChI is InChI=1S/C15H22N2O2S/c1-2-5-10-6-3-4-9-17(10)15-16-13-11(14(18)19)7-8-12(13)20-15/h10-11H,2-9H2,1H3,(H,18,19).